The molecule has 2 aromatic heterocycles. The number of aromatic carboxylic acids is 1. The van der Waals surface area contributed by atoms with E-state index in [9.17, 15) is 9.59 Å². The van der Waals surface area contributed by atoms with Gasteiger partial charge in [0.25, 0.3) is 0 Å². The lowest BCUT2D eigenvalue weighted by Crippen LogP contribution is -2.30. The van der Waals surface area contributed by atoms with Crippen LogP contribution in [0.3, 0.4) is 0 Å². The molecule has 2 aromatic rings. The number of rotatable bonds is 5. The first-order valence-corrected chi connectivity index (χ1v) is 6.53. The molecule has 1 unspecified atom stereocenters. The first kappa shape index (κ1) is 13.3. The molecule has 0 aliphatic rings. The van der Waals surface area contributed by atoms with Gasteiger partial charge in [-0.25, -0.2) is 9.78 Å². The maximum absolute atomic E-state index is 11.8. The van der Waals surface area contributed by atoms with E-state index in [1.54, 1.807) is 18.5 Å². The summed E-state index contributed by atoms with van der Waals surface area (Å²) in [6, 6.07) is 2.87. The Kier molecular flexibility index (Phi) is 3.96. The predicted octanol–water partition coefficient (Wildman–Crippen LogP) is 1.52. The Morgan fingerprint density at radius 1 is 1.58 bits per heavy atom. The van der Waals surface area contributed by atoms with Crippen molar-refractivity contribution in [2.24, 2.45) is 0 Å². The van der Waals surface area contributed by atoms with Crippen LogP contribution < -0.4 is 5.32 Å². The summed E-state index contributed by atoms with van der Waals surface area (Å²) in [6.07, 6.45) is 3.24. The van der Waals surface area contributed by atoms with Crippen LogP contribution in [-0.2, 0) is 11.3 Å². The third-order valence-electron chi connectivity index (χ3n) is 2.56. The fraction of sp³-hybridized carbons (Fsp3) is 0.250. The Balaban J connectivity index is 1.98. The minimum absolute atomic E-state index is 0.0235. The van der Waals surface area contributed by atoms with Gasteiger partial charge < -0.3 is 15.0 Å². The van der Waals surface area contributed by atoms with Gasteiger partial charge in [-0.2, -0.15) is 0 Å². The number of hydrogen-bond donors (Lipinski definition) is 2. The number of aromatic nitrogens is 2. The lowest BCUT2D eigenvalue weighted by Gasteiger charge is -2.12. The average molecular weight is 279 g/mol. The fourth-order valence-corrected chi connectivity index (χ4v) is 2.34. The molecule has 0 saturated carbocycles. The van der Waals surface area contributed by atoms with Crippen molar-refractivity contribution in [3.8, 4) is 0 Å². The van der Waals surface area contributed by atoms with E-state index >= 15 is 0 Å². The highest BCUT2D eigenvalue weighted by Gasteiger charge is 2.14. The monoisotopic (exact) mass is 279 g/mol. The van der Waals surface area contributed by atoms with E-state index in [2.05, 4.69) is 10.3 Å². The second-order valence-corrected chi connectivity index (χ2v) is 4.91. The lowest BCUT2D eigenvalue weighted by atomic mass is 10.3. The van der Waals surface area contributed by atoms with Crippen LogP contribution in [0.15, 0.2) is 29.9 Å². The normalized spacial score (nSPS) is 12.1. The summed E-state index contributed by atoms with van der Waals surface area (Å²) in [5.41, 5.74) is 0.0945. The summed E-state index contributed by atoms with van der Waals surface area (Å²) >= 11 is 1.46. The molecule has 2 heterocycles. The second-order valence-electron chi connectivity index (χ2n) is 3.99. The van der Waals surface area contributed by atoms with E-state index in [0.29, 0.717) is 0 Å². The highest BCUT2D eigenvalue weighted by atomic mass is 32.1. The molecule has 0 aromatic carbocycles. The van der Waals surface area contributed by atoms with Crippen molar-refractivity contribution >= 4 is 23.2 Å². The average Bonchev–Trinajstić information content (AvgIpc) is 2.98. The minimum Gasteiger partial charge on any atom is -0.477 e. The SMILES string of the molecule is CC(NC(=O)Cn1cccc1C(=O)O)c1nccs1. The molecule has 1 amide bonds. The maximum Gasteiger partial charge on any atom is 0.352 e. The van der Waals surface area contributed by atoms with Gasteiger partial charge in [0.05, 0.1) is 6.04 Å². The molecule has 0 aliphatic carbocycles. The van der Waals surface area contributed by atoms with Gasteiger partial charge in [-0.1, -0.05) is 0 Å². The zero-order valence-corrected chi connectivity index (χ0v) is 11.1. The number of nitrogens with zero attached hydrogens (tertiary/aromatic N) is 2. The van der Waals surface area contributed by atoms with E-state index in [-0.39, 0.29) is 24.2 Å². The number of amides is 1. The van der Waals surface area contributed by atoms with E-state index in [0.717, 1.165) is 5.01 Å². The van der Waals surface area contributed by atoms with Gasteiger partial charge in [0.1, 0.15) is 17.2 Å². The van der Waals surface area contributed by atoms with Gasteiger partial charge in [0.2, 0.25) is 5.91 Å². The van der Waals surface area contributed by atoms with Crippen molar-refractivity contribution in [3.63, 3.8) is 0 Å². The summed E-state index contributed by atoms with van der Waals surface area (Å²) in [5, 5.41) is 14.4. The van der Waals surface area contributed by atoms with Crippen molar-refractivity contribution in [2.45, 2.75) is 19.5 Å². The highest BCUT2D eigenvalue weighted by molar-refractivity contribution is 7.09. The number of carbonyl (C=O) groups excluding carboxylic acids is 1. The van der Waals surface area contributed by atoms with Crippen LogP contribution in [0.2, 0.25) is 0 Å². The molecule has 6 nitrogen and oxygen atoms in total. The van der Waals surface area contributed by atoms with Gasteiger partial charge >= 0.3 is 5.97 Å². The molecular weight excluding hydrogens is 266 g/mol. The van der Waals surface area contributed by atoms with Crippen LogP contribution in [0, 0.1) is 0 Å². The summed E-state index contributed by atoms with van der Waals surface area (Å²) < 4.78 is 1.40. The molecule has 7 heteroatoms. The van der Waals surface area contributed by atoms with Crippen LogP contribution in [0.4, 0.5) is 0 Å². The quantitative estimate of drug-likeness (QED) is 0.869. The first-order valence-electron chi connectivity index (χ1n) is 5.65. The number of carboxylic acid groups (broad SMARTS) is 1. The van der Waals surface area contributed by atoms with E-state index in [1.165, 1.54) is 22.0 Å². The minimum atomic E-state index is -1.05. The Bertz CT molecular complexity index is 577. The molecule has 2 N–H and O–H groups in total. The van der Waals surface area contributed by atoms with Gasteiger partial charge in [-0.3, -0.25) is 4.79 Å². The molecular formula is C12H13N3O3S. The second kappa shape index (κ2) is 5.66. The third-order valence-corrected chi connectivity index (χ3v) is 3.52. The molecule has 0 bridgehead atoms. The van der Waals surface area contributed by atoms with E-state index in [4.69, 9.17) is 5.11 Å². The molecule has 19 heavy (non-hydrogen) atoms. The molecule has 0 spiro atoms. The lowest BCUT2D eigenvalue weighted by molar-refractivity contribution is -0.122. The van der Waals surface area contributed by atoms with Crippen LogP contribution in [0.25, 0.3) is 0 Å². The number of hydrogen-bond acceptors (Lipinski definition) is 4. The zero-order valence-electron chi connectivity index (χ0n) is 10.2. The van der Waals surface area contributed by atoms with Crippen molar-refractivity contribution in [1.82, 2.24) is 14.9 Å². The molecule has 0 fully saturated rings. The van der Waals surface area contributed by atoms with Crippen LogP contribution in [0.1, 0.15) is 28.5 Å². The smallest absolute Gasteiger partial charge is 0.352 e. The van der Waals surface area contributed by atoms with Crippen LogP contribution in [-0.4, -0.2) is 26.5 Å². The standard InChI is InChI=1S/C12H13N3O3S/c1-8(11-13-4-6-19-11)14-10(16)7-15-5-2-3-9(15)12(17)18/h2-6,8H,7H2,1H3,(H,14,16)(H,17,18). The van der Waals surface area contributed by atoms with Gasteiger partial charge in [-0.05, 0) is 19.1 Å². The molecule has 100 valence electrons. The molecule has 0 aliphatic heterocycles. The molecule has 1 atom stereocenters. The van der Waals surface area contributed by atoms with E-state index in [1.807, 2.05) is 12.3 Å². The Hall–Kier alpha value is -2.15. The topological polar surface area (TPSA) is 84.2 Å². The summed E-state index contributed by atoms with van der Waals surface area (Å²) in [4.78, 5) is 26.9. The van der Waals surface area contributed by atoms with Crippen LogP contribution in [0.5, 0.6) is 0 Å². The van der Waals surface area contributed by atoms with Gasteiger partial charge in [0.15, 0.2) is 0 Å². The fourth-order valence-electron chi connectivity index (χ4n) is 1.70. The van der Waals surface area contributed by atoms with Gasteiger partial charge in [0, 0.05) is 17.8 Å². The van der Waals surface area contributed by atoms with Crippen molar-refractivity contribution in [1.29, 1.82) is 0 Å². The van der Waals surface area contributed by atoms with Crippen LogP contribution >= 0.6 is 11.3 Å². The Morgan fingerprint density at radius 2 is 2.37 bits per heavy atom. The Morgan fingerprint density at radius 3 is 3.00 bits per heavy atom. The Labute approximate surface area is 113 Å². The summed E-state index contributed by atoms with van der Waals surface area (Å²) in [7, 11) is 0. The van der Waals surface area contributed by atoms with Crippen molar-refractivity contribution in [2.75, 3.05) is 0 Å². The molecule has 0 saturated heterocycles. The molecule has 2 rings (SSSR count). The predicted molar refractivity (Wildman–Crippen MR) is 70.1 cm³/mol. The van der Waals surface area contributed by atoms with Crippen molar-refractivity contribution in [3.05, 3.63) is 40.6 Å². The number of thiazole rings is 1. The largest absolute Gasteiger partial charge is 0.477 e. The summed E-state index contributed by atoms with van der Waals surface area (Å²) in [5.74, 6) is -1.30. The number of carboxylic acids is 1. The molecule has 0 radical (unpaired) electrons. The number of nitrogens with one attached hydrogen (secondary N) is 1. The van der Waals surface area contributed by atoms with E-state index < -0.39 is 5.97 Å². The first-order chi connectivity index (χ1) is 9.08. The number of carbonyl (C=O) groups is 2. The zero-order chi connectivity index (χ0) is 13.8. The summed E-state index contributed by atoms with van der Waals surface area (Å²) in [6.45, 7) is 1.81. The van der Waals surface area contributed by atoms with Gasteiger partial charge in [-0.15, -0.1) is 11.3 Å². The maximum atomic E-state index is 11.8. The third kappa shape index (κ3) is 3.19. The van der Waals surface area contributed by atoms with Crippen molar-refractivity contribution < 1.29 is 14.7 Å². The highest BCUT2D eigenvalue weighted by Crippen LogP contribution is 2.14.